The minimum atomic E-state index is -0.126. The first-order chi connectivity index (χ1) is 49.4. The summed E-state index contributed by atoms with van der Waals surface area (Å²) in [5, 5.41) is 7.32. The molecule has 0 amide bonds. The molecule has 20 rings (SSSR count). The maximum Gasteiger partial charge on any atom is 0.0759 e. The number of hydrogen-bond acceptors (Lipinski definition) is 5. The Morgan fingerprint density at radius 2 is 0.545 bits per heavy atom. The highest BCUT2D eigenvalue weighted by Gasteiger charge is 2.42. The van der Waals surface area contributed by atoms with Crippen LogP contribution >= 0.6 is 0 Å². The van der Waals surface area contributed by atoms with Crippen LogP contribution < -0.4 is 0 Å². The summed E-state index contributed by atoms with van der Waals surface area (Å²) >= 11 is 0. The van der Waals surface area contributed by atoms with E-state index in [1.54, 1.807) is 0 Å². The number of pyridine rings is 5. The summed E-state index contributed by atoms with van der Waals surface area (Å²) in [5.41, 5.74) is 33.7. The highest BCUT2D eigenvalue weighted by Crippen LogP contribution is 2.56. The second kappa shape index (κ2) is 24.0. The van der Waals surface area contributed by atoms with Crippen LogP contribution in [0.25, 0.3) is 155 Å². The lowest BCUT2D eigenvalue weighted by molar-refractivity contribution is 0.661. The summed E-state index contributed by atoms with van der Waals surface area (Å²) in [6, 6.07) is 109. The number of fused-ring (bicyclic) bond motifs is 14. The summed E-state index contributed by atoms with van der Waals surface area (Å²) < 4.78 is 0. The van der Waals surface area contributed by atoms with Gasteiger partial charge in [0.05, 0.1) is 39.1 Å². The van der Waals surface area contributed by atoms with Crippen LogP contribution in [0.4, 0.5) is 0 Å². The topological polar surface area (TPSA) is 64.5 Å². The third-order valence-electron chi connectivity index (χ3n) is 21.7. The van der Waals surface area contributed by atoms with E-state index in [9.17, 15) is 0 Å². The van der Waals surface area contributed by atoms with Crippen molar-refractivity contribution in [3.8, 4) is 101 Å². The molecule has 17 aromatic rings. The van der Waals surface area contributed by atoms with Crippen LogP contribution in [0.2, 0.25) is 0 Å². The van der Waals surface area contributed by atoms with Gasteiger partial charge in [-0.3, -0.25) is 9.97 Å². The summed E-state index contributed by atoms with van der Waals surface area (Å²) in [5.74, 6) is 0. The second-order valence-electron chi connectivity index (χ2n) is 28.6. The molecule has 0 spiro atoms. The Bertz CT molecular complexity index is 5880. The molecule has 101 heavy (non-hydrogen) atoms. The molecule has 12 aromatic carbocycles. The zero-order valence-electron chi connectivity index (χ0n) is 57.3. The van der Waals surface area contributed by atoms with Gasteiger partial charge in [-0.25, -0.2) is 15.0 Å². The summed E-state index contributed by atoms with van der Waals surface area (Å²) in [6.45, 7) is 14.0. The van der Waals surface area contributed by atoms with Crippen LogP contribution in [0.5, 0.6) is 0 Å². The maximum atomic E-state index is 5.17. The third-order valence-corrected chi connectivity index (χ3v) is 21.7. The van der Waals surface area contributed by atoms with Gasteiger partial charge in [0.25, 0.3) is 0 Å². The maximum absolute atomic E-state index is 5.17. The Morgan fingerprint density at radius 3 is 0.980 bits per heavy atom. The lowest BCUT2D eigenvalue weighted by Gasteiger charge is -2.25. The van der Waals surface area contributed by atoms with Gasteiger partial charge < -0.3 is 0 Å². The molecule has 3 aliphatic carbocycles. The minimum absolute atomic E-state index is 0.109. The van der Waals surface area contributed by atoms with E-state index in [1.165, 1.54) is 138 Å². The van der Waals surface area contributed by atoms with E-state index in [0.717, 1.165) is 50.1 Å². The van der Waals surface area contributed by atoms with Crippen molar-refractivity contribution in [3.63, 3.8) is 0 Å². The lowest BCUT2D eigenvalue weighted by Crippen LogP contribution is -2.16. The van der Waals surface area contributed by atoms with Gasteiger partial charge in [0.15, 0.2) is 0 Å². The van der Waals surface area contributed by atoms with Crippen molar-refractivity contribution in [2.24, 2.45) is 0 Å². The van der Waals surface area contributed by atoms with Gasteiger partial charge in [-0.1, -0.05) is 296 Å². The molecule has 0 unspecified atom stereocenters. The fourth-order valence-electron chi connectivity index (χ4n) is 16.7. The van der Waals surface area contributed by atoms with Crippen LogP contribution in [-0.2, 0) is 16.2 Å². The van der Waals surface area contributed by atoms with E-state index in [1.807, 2.05) is 36.8 Å². The van der Waals surface area contributed by atoms with Crippen molar-refractivity contribution >= 4 is 54.4 Å². The molecule has 5 heterocycles. The predicted octanol–water partition coefficient (Wildman–Crippen LogP) is 24.7. The van der Waals surface area contributed by atoms with E-state index in [2.05, 4.69) is 337 Å². The van der Waals surface area contributed by atoms with Gasteiger partial charge in [-0.15, -0.1) is 0 Å². The molecule has 0 saturated heterocycles. The normalized spacial score (nSPS) is 13.7. The van der Waals surface area contributed by atoms with E-state index in [-0.39, 0.29) is 16.2 Å². The summed E-state index contributed by atoms with van der Waals surface area (Å²) in [4.78, 5) is 24.3. The van der Waals surface area contributed by atoms with E-state index >= 15 is 0 Å². The molecule has 0 atom stereocenters. The van der Waals surface area contributed by atoms with Gasteiger partial charge >= 0.3 is 0 Å². The fourth-order valence-corrected chi connectivity index (χ4v) is 16.7. The Kier molecular flexibility index (Phi) is 14.5. The zero-order valence-corrected chi connectivity index (χ0v) is 57.3. The molecule has 0 radical (unpaired) electrons. The molecule has 5 nitrogen and oxygen atoms in total. The predicted molar refractivity (Wildman–Crippen MR) is 421 cm³/mol. The third kappa shape index (κ3) is 10.2. The molecule has 5 heteroatoms. The lowest BCUT2D eigenvalue weighted by atomic mass is 9.78. The average molecular weight is 1290 g/mol. The largest absolute Gasteiger partial charge is 0.265 e. The first-order valence-corrected chi connectivity index (χ1v) is 35.0. The Hall–Kier alpha value is -12.3. The van der Waals surface area contributed by atoms with Crippen LogP contribution in [0.15, 0.2) is 322 Å². The first-order valence-electron chi connectivity index (χ1n) is 35.0. The molecular weight excluding hydrogens is 1220 g/mol. The average Bonchev–Trinajstić information content (AvgIpc) is 1.58. The van der Waals surface area contributed by atoms with Crippen molar-refractivity contribution in [3.05, 3.63) is 355 Å². The van der Waals surface area contributed by atoms with Crippen molar-refractivity contribution in [1.82, 2.24) is 24.9 Å². The van der Waals surface area contributed by atoms with Gasteiger partial charge in [-0.2, -0.15) is 0 Å². The van der Waals surface area contributed by atoms with E-state index in [0.29, 0.717) is 0 Å². The molecule has 0 N–H and O–H groups in total. The highest BCUT2D eigenvalue weighted by molar-refractivity contribution is 6.06. The van der Waals surface area contributed by atoms with Crippen molar-refractivity contribution < 1.29 is 0 Å². The Labute approximate surface area is 589 Å². The number of para-hydroxylation sites is 4. The highest BCUT2D eigenvalue weighted by atomic mass is 14.8. The number of nitrogens with zero attached hydrogens (tertiary/aromatic N) is 5. The summed E-state index contributed by atoms with van der Waals surface area (Å²) in [7, 11) is 0. The Morgan fingerprint density at radius 1 is 0.238 bits per heavy atom. The quantitative estimate of drug-likeness (QED) is 0.166. The smallest absolute Gasteiger partial charge is 0.0759 e. The van der Waals surface area contributed by atoms with Gasteiger partial charge in [0.1, 0.15) is 0 Å². The van der Waals surface area contributed by atoms with Crippen LogP contribution in [0, 0.1) is 0 Å². The number of rotatable bonds is 6. The molecule has 0 aliphatic heterocycles. The van der Waals surface area contributed by atoms with Crippen LogP contribution in [0.1, 0.15) is 74.9 Å². The van der Waals surface area contributed by atoms with Crippen LogP contribution in [-0.4, -0.2) is 24.9 Å². The van der Waals surface area contributed by atoms with Gasteiger partial charge in [0, 0.05) is 78.6 Å². The molecular formula is C96H71N5. The van der Waals surface area contributed by atoms with E-state index in [4.69, 9.17) is 15.0 Å². The van der Waals surface area contributed by atoms with Gasteiger partial charge in [0.2, 0.25) is 0 Å². The molecule has 0 fully saturated rings. The minimum Gasteiger partial charge on any atom is -0.265 e. The molecule has 0 saturated carbocycles. The standard InChI is InChI=1S/C34H25N.C33H24N2.C29H22N2/c1-34(2)29-13-7-5-11-27(29)33-32(34)31(28-12-6-8-14-30(28)35-33)24-18-15-23(16-19-24)26-20-17-22-9-3-4-10-25(22)21-26;1-33(2)27-12-6-4-10-25(27)32-31(33)30(26-11-5-8-14-29(26)35-32)22-17-15-21(16-18-22)24-19-23-9-3-7-13-28(23)34-20-24;1-29(2)24-9-5-3-7-22(24)28-27(29)26(23-8-4-6-10-25(23)31-28)21-13-11-19(12-14-21)20-15-17-30-18-16-20/h3-21H,1-2H3;3-20H,1-2H3;3-18H,1-2H3. The first kappa shape index (κ1) is 61.1. The number of benzene rings is 12. The molecule has 480 valence electrons. The molecule has 3 aliphatic rings. The van der Waals surface area contributed by atoms with Gasteiger partial charge in [-0.05, 0) is 154 Å². The van der Waals surface area contributed by atoms with E-state index < -0.39 is 0 Å². The fraction of sp³-hybridized carbons (Fsp3) is 0.0938. The number of aromatic nitrogens is 5. The second-order valence-corrected chi connectivity index (χ2v) is 28.6. The summed E-state index contributed by atoms with van der Waals surface area (Å²) in [6.07, 6.45) is 5.65. The van der Waals surface area contributed by atoms with Crippen molar-refractivity contribution in [2.75, 3.05) is 0 Å². The van der Waals surface area contributed by atoms with Crippen molar-refractivity contribution in [1.29, 1.82) is 0 Å². The monoisotopic (exact) mass is 1290 g/mol. The zero-order chi connectivity index (χ0) is 68.1. The molecule has 5 aromatic heterocycles. The van der Waals surface area contributed by atoms with Crippen molar-refractivity contribution in [2.45, 2.75) is 57.8 Å². The Balaban J connectivity index is 0.000000109. The SMILES string of the molecule is CC1(C)c2ccccc2-c2nc3ccccc3c(-c3ccc(-c4ccc5ccccc5c4)cc3)c21.CC1(C)c2ccccc2-c2nc3ccccc3c(-c3ccc(-c4ccncc4)cc3)c21.CC1(C)c2ccccc2-c2nc3ccccc3c(-c3ccc(-c4cnc5ccccc5c4)cc3)c21. The molecule has 0 bridgehead atoms. The number of hydrogen-bond donors (Lipinski definition) is 0. The van der Waals surface area contributed by atoms with Crippen LogP contribution in [0.3, 0.4) is 0 Å².